The van der Waals surface area contributed by atoms with E-state index in [1.165, 1.54) is 13.2 Å². The minimum atomic E-state index is -0.595. The highest BCUT2D eigenvalue weighted by molar-refractivity contribution is 6.68. The maximum Gasteiger partial charge on any atom is 0.278 e. The van der Waals surface area contributed by atoms with Crippen LogP contribution >= 0.6 is 0 Å². The van der Waals surface area contributed by atoms with Crippen LogP contribution in [0.4, 0.5) is 11.4 Å². The van der Waals surface area contributed by atoms with Crippen LogP contribution in [0.15, 0.2) is 46.5 Å². The summed E-state index contributed by atoms with van der Waals surface area (Å²) in [5.41, 5.74) is 1.71. The fourth-order valence-electron chi connectivity index (χ4n) is 2.72. The molecule has 0 aliphatic heterocycles. The van der Waals surface area contributed by atoms with Crippen molar-refractivity contribution in [2.45, 2.75) is 33.1 Å². The van der Waals surface area contributed by atoms with Crippen molar-refractivity contribution in [3.05, 3.63) is 42.0 Å². The molecule has 4 N–H and O–H groups in total. The van der Waals surface area contributed by atoms with Gasteiger partial charge in [0.2, 0.25) is 0 Å². The third-order valence-corrected chi connectivity index (χ3v) is 4.47. The molecule has 0 aromatic heterocycles. The number of amides is 1. The molecule has 30 heavy (non-hydrogen) atoms. The van der Waals surface area contributed by atoms with Crippen LogP contribution in [-0.2, 0) is 10.2 Å². The lowest BCUT2D eigenvalue weighted by Crippen LogP contribution is -2.30. The minimum absolute atomic E-state index is 0.0585. The molecule has 0 unspecified atom stereocenters. The zero-order valence-electron chi connectivity index (χ0n) is 18.1. The van der Waals surface area contributed by atoms with E-state index in [2.05, 4.69) is 15.4 Å². The first-order valence-corrected chi connectivity index (χ1v) is 9.31. The van der Waals surface area contributed by atoms with Gasteiger partial charge in [-0.25, -0.2) is 4.99 Å². The zero-order chi connectivity index (χ0) is 22.5. The molecule has 2 aromatic carbocycles. The number of hydrogen-bond donors (Lipinski definition) is 3. The van der Waals surface area contributed by atoms with Gasteiger partial charge in [-0.05, 0) is 42.2 Å². The van der Waals surface area contributed by atoms with E-state index < -0.39 is 5.91 Å². The molecule has 0 aliphatic rings. The minimum Gasteiger partial charge on any atom is -0.506 e. The summed E-state index contributed by atoms with van der Waals surface area (Å²) in [7, 11) is 3.06. The van der Waals surface area contributed by atoms with Crippen molar-refractivity contribution in [2.75, 3.05) is 19.5 Å². The van der Waals surface area contributed by atoms with Crippen LogP contribution in [0.25, 0.3) is 0 Å². The monoisotopic (exact) mass is 412 g/mol. The van der Waals surface area contributed by atoms with Gasteiger partial charge in [0, 0.05) is 6.07 Å². The number of carbonyl (C=O) groups excluding carboxylic acids is 1. The number of methoxy groups -OCH3 is 2. The summed E-state index contributed by atoms with van der Waals surface area (Å²) in [6.45, 7) is 7.72. The van der Waals surface area contributed by atoms with Gasteiger partial charge in [0.1, 0.15) is 22.9 Å². The van der Waals surface area contributed by atoms with E-state index in [4.69, 9.17) is 15.3 Å². The molecule has 0 spiro atoms. The van der Waals surface area contributed by atoms with Gasteiger partial charge in [-0.15, -0.1) is 0 Å². The Labute approximate surface area is 176 Å². The highest BCUT2D eigenvalue weighted by Gasteiger charge is 2.20. The second-order valence-electron chi connectivity index (χ2n) is 7.65. The van der Waals surface area contributed by atoms with E-state index in [1.54, 1.807) is 38.3 Å². The van der Waals surface area contributed by atoms with Gasteiger partial charge in [-0.2, -0.15) is 5.10 Å². The lowest BCUT2D eigenvalue weighted by molar-refractivity contribution is -0.110. The first-order valence-electron chi connectivity index (χ1n) is 9.31. The molecule has 160 valence electrons. The number of nitrogens with two attached hydrogens (primary N) is 1. The number of hydrazone groups is 1. The van der Waals surface area contributed by atoms with Crippen LogP contribution in [0, 0.1) is 0 Å². The van der Waals surface area contributed by atoms with E-state index in [0.29, 0.717) is 17.2 Å². The van der Waals surface area contributed by atoms with Gasteiger partial charge in [-0.1, -0.05) is 26.8 Å². The molecule has 0 saturated carbocycles. The zero-order valence-corrected chi connectivity index (χ0v) is 18.1. The average molecular weight is 412 g/mol. The van der Waals surface area contributed by atoms with Crippen molar-refractivity contribution in [3.63, 3.8) is 0 Å². The summed E-state index contributed by atoms with van der Waals surface area (Å²) in [6.07, 6.45) is 0. The van der Waals surface area contributed by atoms with E-state index in [9.17, 15) is 9.90 Å². The Kier molecular flexibility index (Phi) is 7.05. The Hall–Kier alpha value is -3.55. The maximum absolute atomic E-state index is 12.8. The first-order chi connectivity index (χ1) is 14.1. The molecule has 0 radical (unpaired) electrons. The molecule has 0 saturated heterocycles. The summed E-state index contributed by atoms with van der Waals surface area (Å²) in [5.74, 6) is 5.91. The normalized spacial score (nSPS) is 12.5. The van der Waals surface area contributed by atoms with E-state index >= 15 is 0 Å². The smallest absolute Gasteiger partial charge is 0.278 e. The van der Waals surface area contributed by atoms with Crippen LogP contribution in [-0.4, -0.2) is 36.7 Å². The third-order valence-electron chi connectivity index (χ3n) is 4.47. The summed E-state index contributed by atoms with van der Waals surface area (Å²) in [6, 6.07) is 10.2. The molecule has 2 rings (SSSR count). The molecule has 0 bridgehead atoms. The van der Waals surface area contributed by atoms with Crippen molar-refractivity contribution in [2.24, 2.45) is 15.9 Å². The van der Waals surface area contributed by atoms with Crippen LogP contribution in [0.3, 0.4) is 0 Å². The number of rotatable bonds is 6. The van der Waals surface area contributed by atoms with E-state index in [0.717, 1.165) is 5.56 Å². The number of nitrogens with zero attached hydrogens (tertiary/aromatic N) is 2. The summed E-state index contributed by atoms with van der Waals surface area (Å²) in [5, 5.41) is 16.4. The number of aromatic hydroxyl groups is 1. The highest BCUT2D eigenvalue weighted by Crippen LogP contribution is 2.32. The lowest BCUT2D eigenvalue weighted by Gasteiger charge is -2.20. The Morgan fingerprint density at radius 2 is 1.80 bits per heavy atom. The second-order valence-corrected chi connectivity index (χ2v) is 7.65. The quantitative estimate of drug-likeness (QED) is 0.289. The third kappa shape index (κ3) is 5.28. The second kappa shape index (κ2) is 9.30. The summed E-state index contributed by atoms with van der Waals surface area (Å²) < 4.78 is 10.5. The number of carbonyl (C=O) groups is 1. The molecular weight excluding hydrogens is 384 g/mol. The van der Waals surface area contributed by atoms with Gasteiger partial charge in [-0.3, -0.25) is 4.79 Å². The largest absolute Gasteiger partial charge is 0.506 e. The number of nitrogens with one attached hydrogen (secondary N) is 1. The Bertz CT molecular complexity index is 991. The number of anilines is 1. The average Bonchev–Trinajstić information content (AvgIpc) is 2.69. The number of aliphatic imine (C=N–C) groups is 1. The van der Waals surface area contributed by atoms with Gasteiger partial charge in [0.15, 0.2) is 5.71 Å². The van der Waals surface area contributed by atoms with Crippen molar-refractivity contribution in [1.29, 1.82) is 0 Å². The van der Waals surface area contributed by atoms with Gasteiger partial charge >= 0.3 is 0 Å². The molecule has 0 atom stereocenters. The van der Waals surface area contributed by atoms with Crippen molar-refractivity contribution < 1.29 is 19.4 Å². The van der Waals surface area contributed by atoms with Crippen molar-refractivity contribution in [3.8, 4) is 17.2 Å². The topological polar surface area (TPSA) is 119 Å². The number of hydrogen-bond acceptors (Lipinski definition) is 7. The van der Waals surface area contributed by atoms with E-state index in [1.807, 2.05) is 26.8 Å². The standard InChI is InChI=1S/C22H28N4O4/c1-13(24-17-12-15(29-5)8-10-19(17)30-6)20(26-23)21(28)25-16-11-14(22(2,3)4)7-9-18(16)27/h7-12,27H,23H2,1-6H3,(H,25,28). The Balaban J connectivity index is 2.35. The van der Waals surface area contributed by atoms with Crippen LogP contribution in [0.5, 0.6) is 17.2 Å². The molecular formula is C22H28N4O4. The molecule has 0 fully saturated rings. The van der Waals surface area contributed by atoms with E-state index in [-0.39, 0.29) is 28.3 Å². The van der Waals surface area contributed by atoms with Crippen LogP contribution in [0.2, 0.25) is 0 Å². The van der Waals surface area contributed by atoms with Gasteiger partial charge < -0.3 is 25.7 Å². The predicted octanol–water partition coefficient (Wildman–Crippen LogP) is 3.75. The Morgan fingerprint density at radius 3 is 2.37 bits per heavy atom. The number of ether oxygens (including phenoxy) is 2. The number of phenols is 1. The molecule has 0 aliphatic carbocycles. The molecule has 8 heteroatoms. The van der Waals surface area contributed by atoms with Gasteiger partial charge in [0.05, 0.1) is 25.6 Å². The fraction of sp³-hybridized carbons (Fsp3) is 0.318. The summed E-state index contributed by atoms with van der Waals surface area (Å²) in [4.78, 5) is 17.2. The molecule has 2 aromatic rings. The fourth-order valence-corrected chi connectivity index (χ4v) is 2.72. The first kappa shape index (κ1) is 22.7. The predicted molar refractivity (Wildman–Crippen MR) is 119 cm³/mol. The molecule has 1 amide bonds. The highest BCUT2D eigenvalue weighted by atomic mass is 16.5. The molecule has 0 heterocycles. The van der Waals surface area contributed by atoms with Crippen molar-refractivity contribution in [1.82, 2.24) is 0 Å². The number of phenolic OH excluding ortho intramolecular Hbond substituents is 1. The lowest BCUT2D eigenvalue weighted by atomic mass is 9.87. The maximum atomic E-state index is 12.8. The number of benzene rings is 2. The Morgan fingerprint density at radius 1 is 1.10 bits per heavy atom. The van der Waals surface area contributed by atoms with Crippen LogP contribution in [0.1, 0.15) is 33.3 Å². The van der Waals surface area contributed by atoms with Crippen LogP contribution < -0.4 is 20.6 Å². The SMILES string of the molecule is COc1ccc(OC)c(N=C(C)C(=NN)C(=O)Nc2cc(C(C)(C)C)ccc2O)c1. The van der Waals surface area contributed by atoms with Crippen molar-refractivity contribution >= 4 is 28.7 Å². The molecule has 8 nitrogen and oxygen atoms in total. The van der Waals surface area contributed by atoms with Gasteiger partial charge in [0.25, 0.3) is 5.91 Å². The summed E-state index contributed by atoms with van der Waals surface area (Å²) >= 11 is 0.